The Morgan fingerprint density at radius 3 is 2.54 bits per heavy atom. The molecule has 1 aromatic heterocycles. The number of carbonyl (C=O) groups is 1. The molecule has 0 fully saturated rings. The Morgan fingerprint density at radius 1 is 1.08 bits per heavy atom. The lowest BCUT2D eigenvalue weighted by atomic mass is 10.0. The number of benzene rings is 2. The highest BCUT2D eigenvalue weighted by atomic mass is 35.5. The van der Waals surface area contributed by atoms with Gasteiger partial charge in [0.2, 0.25) is 0 Å². The van der Waals surface area contributed by atoms with Crippen molar-refractivity contribution in [2.45, 2.75) is 0 Å². The number of methoxy groups -OCH3 is 2. The lowest BCUT2D eigenvalue weighted by Gasteiger charge is -2.12. The van der Waals surface area contributed by atoms with Gasteiger partial charge >= 0.3 is 5.97 Å². The zero-order valence-electron chi connectivity index (χ0n) is 13.0. The number of pyridine rings is 1. The number of fused-ring (bicyclic) bond motifs is 1. The van der Waals surface area contributed by atoms with Gasteiger partial charge in [0, 0.05) is 16.0 Å². The average molecular weight is 344 g/mol. The highest BCUT2D eigenvalue weighted by Crippen LogP contribution is 2.34. The van der Waals surface area contributed by atoms with E-state index >= 15 is 0 Å². The molecule has 0 spiro atoms. The standard InChI is InChI=1S/C18H14ClNO4/c1-23-11-4-6-17(24-2)14(8-11)16-9-13(18(21)22)12-7-10(19)3-5-15(12)20-16/h3-9H,1-2H3,(H,21,22). The first-order chi connectivity index (χ1) is 11.5. The monoisotopic (exact) mass is 343 g/mol. The quantitative estimate of drug-likeness (QED) is 0.766. The number of carboxylic acid groups (broad SMARTS) is 1. The first kappa shape index (κ1) is 16.1. The van der Waals surface area contributed by atoms with Gasteiger partial charge in [0.1, 0.15) is 11.5 Å². The van der Waals surface area contributed by atoms with Crippen LogP contribution in [0, 0.1) is 0 Å². The number of hydrogen-bond donors (Lipinski definition) is 1. The third-order valence-electron chi connectivity index (χ3n) is 3.68. The molecule has 0 unspecified atom stereocenters. The van der Waals surface area contributed by atoms with Gasteiger partial charge in [-0.2, -0.15) is 0 Å². The second-order valence-electron chi connectivity index (χ2n) is 5.09. The van der Waals surface area contributed by atoms with Crippen LogP contribution in [0.4, 0.5) is 0 Å². The van der Waals surface area contributed by atoms with E-state index in [0.717, 1.165) is 0 Å². The van der Waals surface area contributed by atoms with Gasteiger partial charge in [-0.1, -0.05) is 11.6 Å². The molecule has 0 aliphatic carbocycles. The van der Waals surface area contributed by atoms with Crippen LogP contribution in [-0.4, -0.2) is 30.3 Å². The molecule has 0 aliphatic heterocycles. The van der Waals surface area contributed by atoms with Crippen molar-refractivity contribution in [3.63, 3.8) is 0 Å². The minimum atomic E-state index is -1.05. The van der Waals surface area contributed by atoms with Crippen LogP contribution in [0.25, 0.3) is 22.2 Å². The van der Waals surface area contributed by atoms with E-state index in [1.165, 1.54) is 6.07 Å². The molecule has 5 nitrogen and oxygen atoms in total. The molecule has 0 aliphatic rings. The summed E-state index contributed by atoms with van der Waals surface area (Å²) in [5, 5.41) is 10.5. The van der Waals surface area contributed by atoms with Crippen molar-refractivity contribution in [1.82, 2.24) is 4.98 Å². The molecular weight excluding hydrogens is 330 g/mol. The Balaban J connectivity index is 2.31. The molecule has 3 rings (SSSR count). The second-order valence-corrected chi connectivity index (χ2v) is 5.52. The Bertz CT molecular complexity index is 940. The first-order valence-electron chi connectivity index (χ1n) is 7.09. The van der Waals surface area contributed by atoms with Crippen LogP contribution in [0.5, 0.6) is 11.5 Å². The summed E-state index contributed by atoms with van der Waals surface area (Å²) < 4.78 is 10.6. The summed E-state index contributed by atoms with van der Waals surface area (Å²) in [5.74, 6) is 0.154. The smallest absolute Gasteiger partial charge is 0.336 e. The van der Waals surface area contributed by atoms with Crippen LogP contribution in [-0.2, 0) is 0 Å². The second kappa shape index (κ2) is 6.37. The summed E-state index contributed by atoms with van der Waals surface area (Å²) in [6.45, 7) is 0. The molecule has 1 N–H and O–H groups in total. The molecule has 0 bridgehead atoms. The van der Waals surface area contributed by atoms with E-state index in [9.17, 15) is 9.90 Å². The molecule has 2 aromatic carbocycles. The van der Waals surface area contributed by atoms with Crippen molar-refractivity contribution < 1.29 is 19.4 Å². The molecule has 0 amide bonds. The topological polar surface area (TPSA) is 68.7 Å². The SMILES string of the molecule is COc1ccc(OC)c(-c2cc(C(=O)O)c3cc(Cl)ccc3n2)c1. The van der Waals surface area contributed by atoms with E-state index in [1.54, 1.807) is 50.6 Å². The number of carboxylic acids is 1. The van der Waals surface area contributed by atoms with Crippen LogP contribution in [0.2, 0.25) is 5.02 Å². The molecule has 6 heteroatoms. The van der Waals surface area contributed by atoms with Gasteiger partial charge < -0.3 is 14.6 Å². The zero-order chi connectivity index (χ0) is 17.3. The maximum absolute atomic E-state index is 11.7. The Hall–Kier alpha value is -2.79. The number of aromatic nitrogens is 1. The highest BCUT2D eigenvalue weighted by molar-refractivity contribution is 6.31. The Labute approximate surface area is 143 Å². The van der Waals surface area contributed by atoms with Gasteiger partial charge in [-0.15, -0.1) is 0 Å². The van der Waals surface area contributed by atoms with Crippen molar-refractivity contribution in [2.75, 3.05) is 14.2 Å². The molecule has 0 atom stereocenters. The number of ether oxygens (including phenoxy) is 2. The van der Waals surface area contributed by atoms with E-state index < -0.39 is 5.97 Å². The Morgan fingerprint density at radius 2 is 1.88 bits per heavy atom. The lowest BCUT2D eigenvalue weighted by Crippen LogP contribution is -2.01. The van der Waals surface area contributed by atoms with Crippen LogP contribution >= 0.6 is 11.6 Å². The van der Waals surface area contributed by atoms with E-state index in [0.29, 0.717) is 38.7 Å². The van der Waals surface area contributed by atoms with E-state index in [-0.39, 0.29) is 5.56 Å². The lowest BCUT2D eigenvalue weighted by molar-refractivity contribution is 0.0699. The molecule has 1 heterocycles. The summed E-state index contributed by atoms with van der Waals surface area (Å²) in [7, 11) is 3.11. The van der Waals surface area contributed by atoms with Gasteiger partial charge in [-0.05, 0) is 42.5 Å². The molecule has 0 radical (unpaired) electrons. The fourth-order valence-corrected chi connectivity index (χ4v) is 2.70. The molecule has 3 aromatic rings. The van der Waals surface area contributed by atoms with Gasteiger partial charge in [0.25, 0.3) is 0 Å². The largest absolute Gasteiger partial charge is 0.497 e. The summed E-state index contributed by atoms with van der Waals surface area (Å²) in [5.41, 5.74) is 1.80. The first-order valence-corrected chi connectivity index (χ1v) is 7.47. The molecule has 0 saturated heterocycles. The number of hydrogen-bond acceptors (Lipinski definition) is 4. The zero-order valence-corrected chi connectivity index (χ0v) is 13.8. The third kappa shape index (κ3) is 2.86. The summed E-state index contributed by atoms with van der Waals surface area (Å²) >= 11 is 5.98. The third-order valence-corrected chi connectivity index (χ3v) is 3.92. The van der Waals surface area contributed by atoms with Gasteiger partial charge in [-0.3, -0.25) is 0 Å². The van der Waals surface area contributed by atoms with Crippen LogP contribution < -0.4 is 9.47 Å². The number of nitrogens with zero attached hydrogens (tertiary/aromatic N) is 1. The number of aromatic carboxylic acids is 1. The highest BCUT2D eigenvalue weighted by Gasteiger charge is 2.16. The Kier molecular flexibility index (Phi) is 4.27. The minimum absolute atomic E-state index is 0.127. The van der Waals surface area contributed by atoms with Crippen molar-refractivity contribution in [2.24, 2.45) is 0 Å². The molecular formula is C18H14ClNO4. The number of rotatable bonds is 4. The van der Waals surface area contributed by atoms with Crippen LogP contribution in [0.1, 0.15) is 10.4 Å². The van der Waals surface area contributed by atoms with Crippen LogP contribution in [0.15, 0.2) is 42.5 Å². The molecule has 24 heavy (non-hydrogen) atoms. The van der Waals surface area contributed by atoms with Gasteiger partial charge in [-0.25, -0.2) is 9.78 Å². The van der Waals surface area contributed by atoms with Crippen molar-refractivity contribution in [3.8, 4) is 22.8 Å². The predicted molar refractivity (Wildman–Crippen MR) is 92.3 cm³/mol. The van der Waals surface area contributed by atoms with Gasteiger partial charge in [0.05, 0.1) is 31.0 Å². The van der Waals surface area contributed by atoms with E-state index in [4.69, 9.17) is 21.1 Å². The summed E-state index contributed by atoms with van der Waals surface area (Å²) in [6.07, 6.45) is 0. The normalized spacial score (nSPS) is 10.6. The van der Waals surface area contributed by atoms with Gasteiger partial charge in [0.15, 0.2) is 0 Å². The van der Waals surface area contributed by atoms with Crippen molar-refractivity contribution in [3.05, 3.63) is 53.1 Å². The van der Waals surface area contributed by atoms with Crippen molar-refractivity contribution in [1.29, 1.82) is 0 Å². The fourth-order valence-electron chi connectivity index (χ4n) is 2.53. The number of halogens is 1. The fraction of sp³-hybridized carbons (Fsp3) is 0.111. The average Bonchev–Trinajstić information content (AvgIpc) is 2.60. The predicted octanol–water partition coefficient (Wildman–Crippen LogP) is 4.27. The maximum atomic E-state index is 11.7. The van der Waals surface area contributed by atoms with E-state index in [1.807, 2.05) is 0 Å². The van der Waals surface area contributed by atoms with Crippen LogP contribution in [0.3, 0.4) is 0 Å². The molecule has 0 saturated carbocycles. The summed E-state index contributed by atoms with van der Waals surface area (Å²) in [6, 6.07) is 11.8. The van der Waals surface area contributed by atoms with E-state index in [2.05, 4.69) is 4.98 Å². The summed E-state index contributed by atoms with van der Waals surface area (Å²) in [4.78, 5) is 16.2. The van der Waals surface area contributed by atoms with Crippen molar-refractivity contribution >= 4 is 28.5 Å². The molecule has 122 valence electrons. The maximum Gasteiger partial charge on any atom is 0.336 e. The minimum Gasteiger partial charge on any atom is -0.497 e.